The number of ether oxygens (including phenoxy) is 1. The number of anilines is 1. The van der Waals surface area contributed by atoms with Gasteiger partial charge >= 0.3 is 0 Å². The fraction of sp³-hybridized carbons (Fsp3) is 0.571. The molecule has 0 aliphatic heterocycles. The first-order valence-electron chi connectivity index (χ1n) is 6.80. The van der Waals surface area contributed by atoms with Gasteiger partial charge in [0.1, 0.15) is 12.4 Å². The molecule has 0 aliphatic rings. The highest BCUT2D eigenvalue weighted by Crippen LogP contribution is 2.15. The van der Waals surface area contributed by atoms with Gasteiger partial charge in [-0.25, -0.2) is 12.7 Å². The highest BCUT2D eigenvalue weighted by molar-refractivity contribution is 7.98. The van der Waals surface area contributed by atoms with Crippen LogP contribution in [-0.4, -0.2) is 50.2 Å². The first-order chi connectivity index (χ1) is 9.86. The molecule has 5 nitrogen and oxygen atoms in total. The second-order valence-corrected chi connectivity index (χ2v) is 8.02. The molecule has 1 aromatic rings. The molecular formula is C14H24N2O3S2. The number of thioether (sulfide) groups is 1. The van der Waals surface area contributed by atoms with Gasteiger partial charge in [0.05, 0.1) is 5.75 Å². The van der Waals surface area contributed by atoms with Gasteiger partial charge in [-0.05, 0) is 37.5 Å². The molecule has 0 amide bonds. The van der Waals surface area contributed by atoms with Crippen LogP contribution in [0.25, 0.3) is 0 Å². The molecule has 2 N–H and O–H groups in total. The van der Waals surface area contributed by atoms with Crippen LogP contribution >= 0.6 is 11.8 Å². The van der Waals surface area contributed by atoms with Gasteiger partial charge in [-0.1, -0.05) is 6.07 Å². The van der Waals surface area contributed by atoms with Crippen molar-refractivity contribution >= 4 is 27.5 Å². The second kappa shape index (κ2) is 8.51. The largest absolute Gasteiger partial charge is 0.492 e. The topological polar surface area (TPSA) is 72.6 Å². The molecule has 0 radical (unpaired) electrons. The summed E-state index contributed by atoms with van der Waals surface area (Å²) in [5, 5.41) is 0. The highest BCUT2D eigenvalue weighted by atomic mass is 32.2. The Morgan fingerprint density at radius 2 is 2.14 bits per heavy atom. The molecular weight excluding hydrogens is 308 g/mol. The van der Waals surface area contributed by atoms with Gasteiger partial charge in [0, 0.05) is 24.8 Å². The molecule has 120 valence electrons. The van der Waals surface area contributed by atoms with Crippen molar-refractivity contribution in [2.75, 3.05) is 37.1 Å². The van der Waals surface area contributed by atoms with Gasteiger partial charge < -0.3 is 10.5 Å². The number of nitrogens with zero attached hydrogens (tertiary/aromatic N) is 1. The highest BCUT2D eigenvalue weighted by Gasteiger charge is 2.22. The van der Waals surface area contributed by atoms with Gasteiger partial charge in [0.15, 0.2) is 0 Å². The van der Waals surface area contributed by atoms with Crippen LogP contribution in [0.2, 0.25) is 0 Å². The van der Waals surface area contributed by atoms with E-state index in [0.717, 1.165) is 12.2 Å². The van der Waals surface area contributed by atoms with E-state index in [0.29, 0.717) is 11.4 Å². The predicted octanol–water partition coefficient (Wildman–Crippen LogP) is 2.05. The van der Waals surface area contributed by atoms with E-state index in [-0.39, 0.29) is 18.4 Å². The Morgan fingerprint density at radius 3 is 2.76 bits per heavy atom. The van der Waals surface area contributed by atoms with E-state index in [1.807, 2.05) is 13.2 Å². The van der Waals surface area contributed by atoms with E-state index >= 15 is 0 Å². The summed E-state index contributed by atoms with van der Waals surface area (Å²) in [6.07, 6.45) is 2.85. The third-order valence-corrected chi connectivity index (χ3v) is 5.83. The molecule has 0 saturated heterocycles. The van der Waals surface area contributed by atoms with Crippen molar-refractivity contribution in [1.29, 1.82) is 0 Å². The zero-order valence-electron chi connectivity index (χ0n) is 12.8. The standard InChI is InChI=1S/C14H24N2O3S2/c1-12(7-9-20-3)16(2)21(17,18)10-8-19-14-6-4-5-13(15)11-14/h4-6,11-12H,7-10,15H2,1-3H3. The summed E-state index contributed by atoms with van der Waals surface area (Å²) in [6, 6.07) is 6.96. The number of hydrogen-bond donors (Lipinski definition) is 1. The van der Waals surface area contributed by atoms with Crippen LogP contribution in [-0.2, 0) is 10.0 Å². The minimum absolute atomic E-state index is 0.00480. The lowest BCUT2D eigenvalue weighted by atomic mass is 10.3. The Kier molecular flexibility index (Phi) is 7.34. The summed E-state index contributed by atoms with van der Waals surface area (Å²) in [6.45, 7) is 2.04. The normalized spacial score (nSPS) is 13.3. The van der Waals surface area contributed by atoms with E-state index < -0.39 is 10.0 Å². The molecule has 0 bridgehead atoms. The molecule has 0 fully saturated rings. The fourth-order valence-electron chi connectivity index (χ4n) is 1.76. The van der Waals surface area contributed by atoms with E-state index in [9.17, 15) is 8.42 Å². The van der Waals surface area contributed by atoms with Crippen LogP contribution in [0.3, 0.4) is 0 Å². The minimum atomic E-state index is -3.30. The predicted molar refractivity (Wildman–Crippen MR) is 90.4 cm³/mol. The maximum Gasteiger partial charge on any atom is 0.217 e. The number of nitrogen functional groups attached to an aromatic ring is 1. The van der Waals surface area contributed by atoms with Gasteiger partial charge in [-0.3, -0.25) is 0 Å². The van der Waals surface area contributed by atoms with E-state index in [4.69, 9.17) is 10.5 Å². The SMILES string of the molecule is CSCCC(C)N(C)S(=O)(=O)CCOc1cccc(N)c1. The van der Waals surface area contributed by atoms with Crippen LogP contribution in [0.5, 0.6) is 5.75 Å². The Bertz CT molecular complexity index is 535. The van der Waals surface area contributed by atoms with Gasteiger partial charge in [-0.2, -0.15) is 11.8 Å². The third-order valence-electron chi connectivity index (χ3n) is 3.27. The first-order valence-corrected chi connectivity index (χ1v) is 9.80. The van der Waals surface area contributed by atoms with Crippen molar-refractivity contribution in [2.24, 2.45) is 0 Å². The number of sulfonamides is 1. The van der Waals surface area contributed by atoms with Crippen LogP contribution in [0, 0.1) is 0 Å². The average molecular weight is 332 g/mol. The third kappa shape index (κ3) is 6.15. The molecule has 1 aromatic carbocycles. The Labute approximate surface area is 131 Å². The fourth-order valence-corrected chi connectivity index (χ4v) is 3.57. The van der Waals surface area contributed by atoms with Gasteiger partial charge in [0.25, 0.3) is 0 Å². The maximum atomic E-state index is 12.2. The van der Waals surface area contributed by atoms with Gasteiger partial charge in [0.2, 0.25) is 10.0 Å². The Balaban J connectivity index is 2.48. The lowest BCUT2D eigenvalue weighted by molar-refractivity contribution is 0.330. The van der Waals surface area contributed by atoms with E-state index in [1.54, 1.807) is 43.1 Å². The van der Waals surface area contributed by atoms with Crippen LogP contribution in [0.1, 0.15) is 13.3 Å². The zero-order valence-corrected chi connectivity index (χ0v) is 14.4. The summed E-state index contributed by atoms with van der Waals surface area (Å²) in [5.74, 6) is 1.49. The molecule has 1 unspecified atom stereocenters. The van der Waals surface area contributed by atoms with Crippen molar-refractivity contribution < 1.29 is 13.2 Å². The lowest BCUT2D eigenvalue weighted by Crippen LogP contribution is -2.38. The molecule has 0 aromatic heterocycles. The quantitative estimate of drug-likeness (QED) is 0.701. The van der Waals surface area contributed by atoms with E-state index in [1.165, 1.54) is 4.31 Å². The number of hydrogen-bond acceptors (Lipinski definition) is 5. The molecule has 7 heteroatoms. The van der Waals surface area contributed by atoms with Crippen molar-refractivity contribution in [3.63, 3.8) is 0 Å². The summed E-state index contributed by atoms with van der Waals surface area (Å²) in [7, 11) is -1.68. The minimum Gasteiger partial charge on any atom is -0.492 e. The summed E-state index contributed by atoms with van der Waals surface area (Å²) in [5.41, 5.74) is 6.24. The summed E-state index contributed by atoms with van der Waals surface area (Å²) < 4.78 is 31.3. The van der Waals surface area contributed by atoms with Crippen molar-refractivity contribution in [3.05, 3.63) is 24.3 Å². The molecule has 0 heterocycles. The van der Waals surface area contributed by atoms with Crippen LogP contribution < -0.4 is 10.5 Å². The second-order valence-electron chi connectivity index (χ2n) is 4.88. The molecule has 1 atom stereocenters. The summed E-state index contributed by atoms with van der Waals surface area (Å²) >= 11 is 1.72. The maximum absolute atomic E-state index is 12.2. The van der Waals surface area contributed by atoms with Crippen molar-refractivity contribution in [1.82, 2.24) is 4.31 Å². The van der Waals surface area contributed by atoms with Crippen molar-refractivity contribution in [2.45, 2.75) is 19.4 Å². The lowest BCUT2D eigenvalue weighted by Gasteiger charge is -2.24. The van der Waals surface area contributed by atoms with Crippen molar-refractivity contribution in [3.8, 4) is 5.75 Å². The molecule has 21 heavy (non-hydrogen) atoms. The van der Waals surface area contributed by atoms with Crippen LogP contribution in [0.15, 0.2) is 24.3 Å². The zero-order chi connectivity index (χ0) is 15.9. The molecule has 0 spiro atoms. The number of benzene rings is 1. The Hall–Kier alpha value is -0.920. The first kappa shape index (κ1) is 18.1. The molecule has 0 aliphatic carbocycles. The van der Waals surface area contributed by atoms with Gasteiger partial charge in [-0.15, -0.1) is 0 Å². The smallest absolute Gasteiger partial charge is 0.217 e. The molecule has 1 rings (SSSR count). The van der Waals surface area contributed by atoms with E-state index in [2.05, 4.69) is 0 Å². The number of rotatable bonds is 9. The monoisotopic (exact) mass is 332 g/mol. The Morgan fingerprint density at radius 1 is 1.43 bits per heavy atom. The summed E-state index contributed by atoms with van der Waals surface area (Å²) in [4.78, 5) is 0. The average Bonchev–Trinajstić information content (AvgIpc) is 2.43. The molecule has 0 saturated carbocycles. The van der Waals surface area contributed by atoms with Crippen LogP contribution in [0.4, 0.5) is 5.69 Å². The number of nitrogens with two attached hydrogens (primary N) is 1.